The molecule has 2 aliphatic rings. The molecule has 0 aliphatic carbocycles. The molecule has 1 atom stereocenters. The van der Waals surface area contributed by atoms with E-state index in [-0.39, 0.29) is 32.1 Å². The molecule has 136 valence electrons. The van der Waals surface area contributed by atoms with Crippen LogP contribution in [0.5, 0.6) is 0 Å². The maximum atomic E-state index is 12.6. The molecular formula is C16H22N4O5. The van der Waals surface area contributed by atoms with Gasteiger partial charge in [-0.1, -0.05) is 12.7 Å². The van der Waals surface area contributed by atoms with Crippen LogP contribution in [0.3, 0.4) is 0 Å². The van der Waals surface area contributed by atoms with Crippen molar-refractivity contribution < 1.29 is 23.9 Å². The minimum atomic E-state index is -0.879. The number of nitriles is 1. The molecule has 0 aromatic rings. The molecule has 2 saturated heterocycles. The van der Waals surface area contributed by atoms with Gasteiger partial charge >= 0.3 is 12.1 Å². The summed E-state index contributed by atoms with van der Waals surface area (Å²) >= 11 is 0. The van der Waals surface area contributed by atoms with Crippen LogP contribution in [0.25, 0.3) is 0 Å². The number of urea groups is 1. The lowest BCUT2D eigenvalue weighted by atomic mass is 10.1. The number of morpholine rings is 1. The van der Waals surface area contributed by atoms with Crippen molar-refractivity contribution in [2.45, 2.75) is 12.5 Å². The van der Waals surface area contributed by atoms with Crippen LogP contribution in [0.4, 0.5) is 9.59 Å². The van der Waals surface area contributed by atoms with Gasteiger partial charge in [-0.3, -0.25) is 9.69 Å². The predicted molar refractivity (Wildman–Crippen MR) is 86.6 cm³/mol. The molecule has 0 aromatic carbocycles. The smallest absolute Gasteiger partial charge is 0.410 e. The molecule has 0 saturated carbocycles. The van der Waals surface area contributed by atoms with E-state index < -0.39 is 17.9 Å². The lowest BCUT2D eigenvalue weighted by Gasteiger charge is -2.41. The average molecular weight is 350 g/mol. The Bertz CT molecular complexity index is 567. The van der Waals surface area contributed by atoms with Crippen LogP contribution >= 0.6 is 0 Å². The Morgan fingerprint density at radius 2 is 1.92 bits per heavy atom. The van der Waals surface area contributed by atoms with Gasteiger partial charge in [0.2, 0.25) is 0 Å². The van der Waals surface area contributed by atoms with Gasteiger partial charge in [0.15, 0.2) is 5.78 Å². The van der Waals surface area contributed by atoms with Crippen molar-refractivity contribution in [3.63, 3.8) is 0 Å². The Kier molecular flexibility index (Phi) is 6.77. The first kappa shape index (κ1) is 18.7. The van der Waals surface area contributed by atoms with Crippen LogP contribution in [0.2, 0.25) is 0 Å². The fourth-order valence-corrected chi connectivity index (χ4v) is 2.81. The molecule has 2 aliphatic heterocycles. The standard InChI is InChI=1S/C16H22N4O5/c1-2-9-25-16(23)20-6-5-19(12-13(20)14(21)3-4-17)15(22)18-7-10-24-11-8-18/h2,13H,1,3,5-12H2. The number of hydrogen-bond acceptors (Lipinski definition) is 6. The van der Waals surface area contributed by atoms with Crippen molar-refractivity contribution in [1.82, 2.24) is 14.7 Å². The van der Waals surface area contributed by atoms with Gasteiger partial charge in [0, 0.05) is 26.2 Å². The number of Topliss-reactive ketones (excluding diaryl/α,β-unsaturated/α-hetero) is 1. The fraction of sp³-hybridized carbons (Fsp3) is 0.625. The largest absolute Gasteiger partial charge is 0.445 e. The highest BCUT2D eigenvalue weighted by atomic mass is 16.6. The van der Waals surface area contributed by atoms with Gasteiger partial charge in [-0.2, -0.15) is 5.26 Å². The molecule has 3 amide bonds. The molecular weight excluding hydrogens is 328 g/mol. The Balaban J connectivity index is 2.07. The number of ketones is 1. The van der Waals surface area contributed by atoms with Crippen LogP contribution in [-0.2, 0) is 14.3 Å². The summed E-state index contributed by atoms with van der Waals surface area (Å²) in [6, 6.07) is 0.738. The van der Waals surface area contributed by atoms with E-state index in [0.717, 1.165) is 0 Å². The molecule has 0 aromatic heterocycles. The van der Waals surface area contributed by atoms with Crippen molar-refractivity contribution in [2.75, 3.05) is 52.5 Å². The van der Waals surface area contributed by atoms with E-state index in [1.54, 1.807) is 15.9 Å². The van der Waals surface area contributed by atoms with Gasteiger partial charge in [0.05, 0.1) is 32.2 Å². The van der Waals surface area contributed by atoms with E-state index >= 15 is 0 Å². The number of carbonyl (C=O) groups is 3. The van der Waals surface area contributed by atoms with Crippen molar-refractivity contribution in [2.24, 2.45) is 0 Å². The third kappa shape index (κ3) is 4.70. The van der Waals surface area contributed by atoms with E-state index in [9.17, 15) is 14.4 Å². The van der Waals surface area contributed by atoms with Gasteiger partial charge in [-0.05, 0) is 0 Å². The van der Waals surface area contributed by atoms with Gasteiger partial charge in [-0.15, -0.1) is 0 Å². The zero-order valence-electron chi connectivity index (χ0n) is 14.1. The second-order valence-corrected chi connectivity index (χ2v) is 5.70. The van der Waals surface area contributed by atoms with E-state index in [1.165, 1.54) is 11.0 Å². The molecule has 2 fully saturated rings. The number of ether oxygens (including phenoxy) is 2. The van der Waals surface area contributed by atoms with Crippen LogP contribution in [0.1, 0.15) is 6.42 Å². The molecule has 2 rings (SSSR count). The molecule has 0 spiro atoms. The third-order valence-electron chi connectivity index (χ3n) is 4.12. The molecule has 0 bridgehead atoms. The highest BCUT2D eigenvalue weighted by molar-refractivity contribution is 5.90. The minimum Gasteiger partial charge on any atom is -0.445 e. The maximum Gasteiger partial charge on any atom is 0.410 e. The second kappa shape index (κ2) is 9.03. The summed E-state index contributed by atoms with van der Waals surface area (Å²) < 4.78 is 10.2. The Hall–Kier alpha value is -2.60. The van der Waals surface area contributed by atoms with E-state index in [0.29, 0.717) is 32.8 Å². The normalized spacial score (nSPS) is 20.6. The zero-order valence-corrected chi connectivity index (χ0v) is 14.1. The van der Waals surface area contributed by atoms with Gasteiger partial charge in [0.1, 0.15) is 12.6 Å². The van der Waals surface area contributed by atoms with E-state index in [1.807, 2.05) is 0 Å². The minimum absolute atomic E-state index is 0.0327. The summed E-state index contributed by atoms with van der Waals surface area (Å²) in [6.07, 6.45) is 0.465. The first-order valence-electron chi connectivity index (χ1n) is 8.14. The Morgan fingerprint density at radius 1 is 1.20 bits per heavy atom. The van der Waals surface area contributed by atoms with E-state index in [2.05, 4.69) is 6.58 Å². The lowest BCUT2D eigenvalue weighted by molar-refractivity contribution is -0.124. The molecule has 1 unspecified atom stereocenters. The number of amides is 3. The SMILES string of the molecule is C=CCOC(=O)N1CCN(C(=O)N2CCOCC2)CC1C(=O)CC#N. The van der Waals surface area contributed by atoms with Gasteiger partial charge in [0.25, 0.3) is 0 Å². The second-order valence-electron chi connectivity index (χ2n) is 5.70. The van der Waals surface area contributed by atoms with Crippen LogP contribution in [-0.4, -0.2) is 91.2 Å². The average Bonchev–Trinajstić information content (AvgIpc) is 2.66. The Morgan fingerprint density at radius 3 is 2.56 bits per heavy atom. The molecule has 9 nitrogen and oxygen atoms in total. The maximum absolute atomic E-state index is 12.6. The van der Waals surface area contributed by atoms with Crippen molar-refractivity contribution >= 4 is 17.9 Å². The number of hydrogen-bond donors (Lipinski definition) is 0. The van der Waals surface area contributed by atoms with Crippen LogP contribution in [0.15, 0.2) is 12.7 Å². The number of carbonyl (C=O) groups excluding carboxylic acids is 3. The van der Waals surface area contributed by atoms with Gasteiger partial charge in [-0.25, -0.2) is 9.59 Å². The summed E-state index contributed by atoms with van der Waals surface area (Å²) in [7, 11) is 0. The quantitative estimate of drug-likeness (QED) is 0.673. The number of rotatable bonds is 4. The highest BCUT2D eigenvalue weighted by Crippen LogP contribution is 2.16. The van der Waals surface area contributed by atoms with E-state index in [4.69, 9.17) is 14.7 Å². The third-order valence-corrected chi connectivity index (χ3v) is 4.12. The summed E-state index contributed by atoms with van der Waals surface area (Å²) in [5, 5.41) is 8.79. The molecule has 0 N–H and O–H groups in total. The molecule has 0 radical (unpaired) electrons. The van der Waals surface area contributed by atoms with Crippen LogP contribution < -0.4 is 0 Å². The van der Waals surface area contributed by atoms with Crippen molar-refractivity contribution in [1.29, 1.82) is 5.26 Å². The summed E-state index contributed by atoms with van der Waals surface area (Å²) in [5.41, 5.74) is 0. The first-order chi connectivity index (χ1) is 12.1. The number of nitrogens with zero attached hydrogens (tertiary/aromatic N) is 4. The lowest BCUT2D eigenvalue weighted by Crippen LogP contribution is -2.61. The molecule has 2 heterocycles. The monoisotopic (exact) mass is 350 g/mol. The topological polar surface area (TPSA) is 103 Å². The summed E-state index contributed by atoms with van der Waals surface area (Å²) in [5.74, 6) is -0.405. The van der Waals surface area contributed by atoms with Gasteiger partial charge < -0.3 is 19.3 Å². The summed E-state index contributed by atoms with van der Waals surface area (Å²) in [6.45, 7) is 6.00. The highest BCUT2D eigenvalue weighted by Gasteiger charge is 2.38. The first-order valence-corrected chi connectivity index (χ1v) is 8.14. The fourth-order valence-electron chi connectivity index (χ4n) is 2.81. The molecule has 25 heavy (non-hydrogen) atoms. The number of piperazine rings is 1. The zero-order chi connectivity index (χ0) is 18.2. The molecule has 9 heteroatoms. The van der Waals surface area contributed by atoms with Crippen molar-refractivity contribution in [3.05, 3.63) is 12.7 Å². The van der Waals surface area contributed by atoms with Crippen molar-refractivity contribution in [3.8, 4) is 6.07 Å². The summed E-state index contributed by atoms with van der Waals surface area (Å²) in [4.78, 5) is 41.5. The predicted octanol–water partition coefficient (Wildman–Crippen LogP) is 0.230. The Labute approximate surface area is 146 Å². The van der Waals surface area contributed by atoms with Crippen LogP contribution in [0, 0.1) is 11.3 Å².